The summed E-state index contributed by atoms with van der Waals surface area (Å²) in [6.07, 6.45) is 0.417. The van der Waals surface area contributed by atoms with Crippen molar-refractivity contribution in [3.8, 4) is 0 Å². The van der Waals surface area contributed by atoms with Crippen LogP contribution in [0.5, 0.6) is 0 Å². The van der Waals surface area contributed by atoms with E-state index in [1.165, 1.54) is 17.0 Å². The van der Waals surface area contributed by atoms with Gasteiger partial charge < -0.3 is 10.2 Å². The highest BCUT2D eigenvalue weighted by atomic mass is 32.2. The van der Waals surface area contributed by atoms with Crippen LogP contribution in [0, 0.1) is 5.82 Å². The lowest BCUT2D eigenvalue weighted by Crippen LogP contribution is -2.34. The Kier molecular flexibility index (Phi) is 4.82. The first-order valence-electron chi connectivity index (χ1n) is 6.96. The zero-order valence-corrected chi connectivity index (χ0v) is 12.7. The number of benzene rings is 1. The van der Waals surface area contributed by atoms with E-state index in [0.717, 1.165) is 0 Å². The van der Waals surface area contributed by atoms with Gasteiger partial charge >= 0.3 is 0 Å². The van der Waals surface area contributed by atoms with E-state index >= 15 is 0 Å². The maximum atomic E-state index is 13.8. The van der Waals surface area contributed by atoms with E-state index in [4.69, 9.17) is 0 Å². The predicted octanol–water partition coefficient (Wildman–Crippen LogP) is 1.52. The summed E-state index contributed by atoms with van der Waals surface area (Å²) in [5.74, 6) is -0.752. The molecule has 1 aliphatic heterocycles. The number of sulfone groups is 1. The SMILES string of the molecule is CCNc1c(F)cccc1C(=O)N1CCCS(=O)(=O)CC1. The maximum absolute atomic E-state index is 13.8. The van der Waals surface area contributed by atoms with Crippen molar-refractivity contribution in [2.75, 3.05) is 36.5 Å². The van der Waals surface area contributed by atoms with Crippen LogP contribution >= 0.6 is 0 Å². The van der Waals surface area contributed by atoms with Crippen LogP contribution < -0.4 is 5.32 Å². The standard InChI is InChI=1S/C14H19FN2O3S/c1-2-16-13-11(5-3-6-12(13)15)14(18)17-7-4-9-21(19,20)10-8-17/h3,5-6,16H,2,4,7-10H2,1H3. The summed E-state index contributed by atoms with van der Waals surface area (Å²) in [5, 5.41) is 2.86. The number of hydrogen-bond donors (Lipinski definition) is 1. The molecule has 0 spiro atoms. The Morgan fingerprint density at radius 1 is 1.33 bits per heavy atom. The van der Waals surface area contributed by atoms with Gasteiger partial charge in [-0.2, -0.15) is 0 Å². The zero-order chi connectivity index (χ0) is 15.5. The van der Waals surface area contributed by atoms with Gasteiger partial charge in [0.2, 0.25) is 0 Å². The fourth-order valence-electron chi connectivity index (χ4n) is 2.37. The number of amides is 1. The Labute approximate surface area is 124 Å². The smallest absolute Gasteiger partial charge is 0.256 e. The Morgan fingerprint density at radius 2 is 2.10 bits per heavy atom. The Hall–Kier alpha value is -1.63. The molecule has 0 saturated carbocycles. The van der Waals surface area contributed by atoms with Gasteiger partial charge in [0.05, 0.1) is 22.8 Å². The Bertz CT molecular complexity index is 631. The van der Waals surface area contributed by atoms with E-state index in [0.29, 0.717) is 19.5 Å². The van der Waals surface area contributed by atoms with Crippen LogP contribution in [0.15, 0.2) is 18.2 Å². The van der Waals surface area contributed by atoms with Gasteiger partial charge in [0.25, 0.3) is 5.91 Å². The van der Waals surface area contributed by atoms with Crippen LogP contribution in [0.25, 0.3) is 0 Å². The van der Waals surface area contributed by atoms with Gasteiger partial charge in [-0.3, -0.25) is 4.79 Å². The van der Waals surface area contributed by atoms with E-state index in [9.17, 15) is 17.6 Å². The van der Waals surface area contributed by atoms with Gasteiger partial charge in [-0.1, -0.05) is 6.07 Å². The molecule has 1 saturated heterocycles. The molecule has 0 unspecified atom stereocenters. The minimum absolute atomic E-state index is 0.0371. The number of halogens is 1. The lowest BCUT2D eigenvalue weighted by atomic mass is 10.1. The summed E-state index contributed by atoms with van der Waals surface area (Å²) < 4.78 is 37.0. The maximum Gasteiger partial charge on any atom is 0.256 e. The highest BCUT2D eigenvalue weighted by Crippen LogP contribution is 2.22. The molecule has 0 radical (unpaired) electrons. The van der Waals surface area contributed by atoms with E-state index in [-0.39, 0.29) is 35.2 Å². The van der Waals surface area contributed by atoms with Gasteiger partial charge in [0, 0.05) is 19.6 Å². The Balaban J connectivity index is 2.26. The van der Waals surface area contributed by atoms with E-state index in [2.05, 4.69) is 5.32 Å². The van der Waals surface area contributed by atoms with Crippen LogP contribution in [0.3, 0.4) is 0 Å². The number of anilines is 1. The van der Waals surface area contributed by atoms with Crippen LogP contribution in [0.4, 0.5) is 10.1 Å². The van der Waals surface area contributed by atoms with E-state index < -0.39 is 15.7 Å². The van der Waals surface area contributed by atoms with E-state index in [1.54, 1.807) is 6.07 Å². The van der Waals surface area contributed by atoms with Crippen molar-refractivity contribution >= 4 is 21.4 Å². The fourth-order valence-corrected chi connectivity index (χ4v) is 3.64. The lowest BCUT2D eigenvalue weighted by Gasteiger charge is -2.21. The fraction of sp³-hybridized carbons (Fsp3) is 0.500. The minimum atomic E-state index is -3.08. The molecule has 0 aliphatic carbocycles. The van der Waals surface area contributed by atoms with Gasteiger partial charge in [-0.05, 0) is 25.5 Å². The molecule has 7 heteroatoms. The molecule has 1 aliphatic rings. The average molecular weight is 314 g/mol. The van der Waals surface area contributed by atoms with Gasteiger partial charge in [-0.25, -0.2) is 12.8 Å². The van der Waals surface area contributed by atoms with Crippen molar-refractivity contribution in [2.24, 2.45) is 0 Å². The highest BCUT2D eigenvalue weighted by Gasteiger charge is 2.25. The number of nitrogens with zero attached hydrogens (tertiary/aromatic N) is 1. The average Bonchev–Trinajstić information content (AvgIpc) is 2.61. The first-order chi connectivity index (χ1) is 9.94. The number of nitrogens with one attached hydrogen (secondary N) is 1. The summed E-state index contributed by atoms with van der Waals surface area (Å²) in [6, 6.07) is 4.34. The summed E-state index contributed by atoms with van der Waals surface area (Å²) in [7, 11) is -3.08. The molecule has 0 aromatic heterocycles. The number of rotatable bonds is 3. The third-order valence-electron chi connectivity index (χ3n) is 3.44. The van der Waals surface area contributed by atoms with Crippen molar-refractivity contribution in [1.29, 1.82) is 0 Å². The first kappa shape index (κ1) is 15.8. The Morgan fingerprint density at radius 3 is 2.81 bits per heavy atom. The second-order valence-electron chi connectivity index (χ2n) is 4.99. The molecule has 21 heavy (non-hydrogen) atoms. The quantitative estimate of drug-likeness (QED) is 0.918. The highest BCUT2D eigenvalue weighted by molar-refractivity contribution is 7.91. The number of para-hydroxylation sites is 1. The van der Waals surface area contributed by atoms with E-state index in [1.807, 2.05) is 6.92 Å². The van der Waals surface area contributed by atoms with Gasteiger partial charge in [0.15, 0.2) is 9.84 Å². The number of carbonyl (C=O) groups excluding carboxylic acids is 1. The number of hydrogen-bond acceptors (Lipinski definition) is 4. The van der Waals surface area contributed by atoms with Crippen LogP contribution in [0.1, 0.15) is 23.7 Å². The molecule has 1 heterocycles. The van der Waals surface area contributed by atoms with Gasteiger partial charge in [0.1, 0.15) is 5.82 Å². The van der Waals surface area contributed by atoms with Crippen molar-refractivity contribution in [3.63, 3.8) is 0 Å². The summed E-state index contributed by atoms with van der Waals surface area (Å²) >= 11 is 0. The molecule has 0 bridgehead atoms. The summed E-state index contributed by atoms with van der Waals surface area (Å²) in [4.78, 5) is 14.0. The summed E-state index contributed by atoms with van der Waals surface area (Å²) in [5.41, 5.74) is 0.424. The third-order valence-corrected chi connectivity index (χ3v) is 5.16. The van der Waals surface area contributed by atoms with Crippen molar-refractivity contribution < 1.29 is 17.6 Å². The molecule has 0 atom stereocenters. The third kappa shape index (κ3) is 3.72. The number of carbonyl (C=O) groups is 1. The lowest BCUT2D eigenvalue weighted by molar-refractivity contribution is 0.0769. The van der Waals surface area contributed by atoms with Crippen molar-refractivity contribution in [3.05, 3.63) is 29.6 Å². The second-order valence-corrected chi connectivity index (χ2v) is 7.29. The second kappa shape index (κ2) is 6.43. The molecule has 5 nitrogen and oxygen atoms in total. The molecule has 1 aromatic rings. The molecule has 1 N–H and O–H groups in total. The first-order valence-corrected chi connectivity index (χ1v) is 8.79. The van der Waals surface area contributed by atoms with Crippen LogP contribution in [0.2, 0.25) is 0 Å². The molecule has 1 amide bonds. The zero-order valence-electron chi connectivity index (χ0n) is 11.9. The monoisotopic (exact) mass is 314 g/mol. The molecule has 2 rings (SSSR count). The molecular formula is C14H19FN2O3S. The molecule has 116 valence electrons. The predicted molar refractivity (Wildman–Crippen MR) is 79.7 cm³/mol. The van der Waals surface area contributed by atoms with Gasteiger partial charge in [-0.15, -0.1) is 0 Å². The normalized spacial score (nSPS) is 18.1. The largest absolute Gasteiger partial charge is 0.382 e. The van der Waals surface area contributed by atoms with Crippen LogP contribution in [-0.4, -0.2) is 50.4 Å². The molecule has 1 aromatic carbocycles. The van der Waals surface area contributed by atoms with Crippen LogP contribution in [-0.2, 0) is 9.84 Å². The summed E-state index contributed by atoms with van der Waals surface area (Å²) in [6.45, 7) is 2.85. The topological polar surface area (TPSA) is 66.5 Å². The molecule has 1 fully saturated rings. The molecular weight excluding hydrogens is 295 g/mol. The van der Waals surface area contributed by atoms with Crippen molar-refractivity contribution in [2.45, 2.75) is 13.3 Å². The van der Waals surface area contributed by atoms with Crippen molar-refractivity contribution in [1.82, 2.24) is 4.90 Å². The minimum Gasteiger partial charge on any atom is -0.382 e.